The summed E-state index contributed by atoms with van der Waals surface area (Å²) in [6.07, 6.45) is 5.61. The molecule has 1 aliphatic rings. The van der Waals surface area contributed by atoms with Gasteiger partial charge in [0.1, 0.15) is 5.82 Å². The molecule has 1 aliphatic heterocycles. The quantitative estimate of drug-likeness (QED) is 0.583. The van der Waals surface area contributed by atoms with Gasteiger partial charge in [-0.15, -0.1) is 0 Å². The Hall–Kier alpha value is -3.29. The van der Waals surface area contributed by atoms with E-state index in [2.05, 4.69) is 15.1 Å². The molecule has 1 atom stereocenters. The average Bonchev–Trinajstić information content (AvgIpc) is 3.20. The van der Waals surface area contributed by atoms with Crippen LogP contribution < -0.4 is 5.56 Å². The molecule has 0 bridgehead atoms. The van der Waals surface area contributed by atoms with Gasteiger partial charge in [0.05, 0.1) is 22.7 Å². The van der Waals surface area contributed by atoms with Crippen molar-refractivity contribution in [2.24, 2.45) is 18.9 Å². The van der Waals surface area contributed by atoms with E-state index in [1.165, 1.54) is 0 Å². The van der Waals surface area contributed by atoms with Crippen molar-refractivity contribution < 1.29 is 9.59 Å². The SMILES string of the molecule is Cc1cc(C)c2nc(C[C@@H](C)CC(=O)N3CCC(C(=O)c4cnn(C)c4)CC3)[nH]c(=O)c2c1. The van der Waals surface area contributed by atoms with E-state index in [1.807, 2.05) is 37.8 Å². The molecule has 8 nitrogen and oxygen atoms in total. The Morgan fingerprint density at radius 3 is 2.61 bits per heavy atom. The first-order valence-electron chi connectivity index (χ1n) is 11.5. The van der Waals surface area contributed by atoms with Gasteiger partial charge in [0.15, 0.2) is 5.78 Å². The van der Waals surface area contributed by atoms with Gasteiger partial charge in [-0.1, -0.05) is 13.0 Å². The number of aryl methyl sites for hydroxylation is 3. The molecule has 4 rings (SSSR count). The summed E-state index contributed by atoms with van der Waals surface area (Å²) in [5.41, 5.74) is 3.23. The number of hydrogen-bond donors (Lipinski definition) is 1. The van der Waals surface area contributed by atoms with Gasteiger partial charge >= 0.3 is 0 Å². The zero-order chi connectivity index (χ0) is 23.7. The van der Waals surface area contributed by atoms with E-state index in [0.717, 1.165) is 16.6 Å². The third-order valence-corrected chi connectivity index (χ3v) is 6.47. The zero-order valence-electron chi connectivity index (χ0n) is 19.7. The molecule has 3 aromatic rings. The number of ketones is 1. The monoisotopic (exact) mass is 449 g/mol. The second kappa shape index (κ2) is 9.29. The molecular formula is C25H31N5O3. The van der Waals surface area contributed by atoms with E-state index in [4.69, 9.17) is 0 Å². The zero-order valence-corrected chi connectivity index (χ0v) is 19.7. The topological polar surface area (TPSA) is 101 Å². The maximum atomic E-state index is 12.9. The number of nitrogens with zero attached hydrogens (tertiary/aromatic N) is 4. The minimum atomic E-state index is -0.138. The van der Waals surface area contributed by atoms with Crippen molar-refractivity contribution in [1.82, 2.24) is 24.6 Å². The van der Waals surface area contributed by atoms with Crippen molar-refractivity contribution in [3.05, 3.63) is 57.4 Å². The number of nitrogens with one attached hydrogen (secondary N) is 1. The third kappa shape index (κ3) is 5.05. The van der Waals surface area contributed by atoms with E-state index in [-0.39, 0.29) is 29.1 Å². The summed E-state index contributed by atoms with van der Waals surface area (Å²) in [5, 5.41) is 4.68. The minimum Gasteiger partial charge on any atom is -0.343 e. The van der Waals surface area contributed by atoms with Crippen LogP contribution in [0.2, 0.25) is 0 Å². The number of benzene rings is 1. The van der Waals surface area contributed by atoms with Crippen LogP contribution in [0, 0.1) is 25.7 Å². The van der Waals surface area contributed by atoms with E-state index in [0.29, 0.717) is 55.5 Å². The molecule has 0 aliphatic carbocycles. The predicted molar refractivity (Wildman–Crippen MR) is 126 cm³/mol. The van der Waals surface area contributed by atoms with Crippen molar-refractivity contribution in [3.63, 3.8) is 0 Å². The van der Waals surface area contributed by atoms with E-state index in [1.54, 1.807) is 24.1 Å². The number of Topliss-reactive ketones (excluding diaryl/α,β-unsaturated/α-hetero) is 1. The molecule has 0 unspecified atom stereocenters. The summed E-state index contributed by atoms with van der Waals surface area (Å²) in [7, 11) is 1.80. The maximum absolute atomic E-state index is 12.9. The molecule has 1 saturated heterocycles. The van der Waals surface area contributed by atoms with Crippen LogP contribution in [0.15, 0.2) is 29.3 Å². The lowest BCUT2D eigenvalue weighted by atomic mass is 9.89. The summed E-state index contributed by atoms with van der Waals surface area (Å²) in [6.45, 7) is 7.10. The molecule has 1 N–H and O–H groups in total. The Labute approximate surface area is 193 Å². The molecule has 0 saturated carbocycles. The number of likely N-dealkylation sites (tertiary alicyclic amines) is 1. The molecule has 174 valence electrons. The summed E-state index contributed by atoms with van der Waals surface area (Å²) in [5.74, 6) is 0.790. The fraction of sp³-hybridized carbons (Fsp3) is 0.480. The average molecular weight is 450 g/mol. The Morgan fingerprint density at radius 2 is 1.94 bits per heavy atom. The third-order valence-electron chi connectivity index (χ3n) is 6.47. The van der Waals surface area contributed by atoms with Crippen molar-refractivity contribution in [3.8, 4) is 0 Å². The fourth-order valence-corrected chi connectivity index (χ4v) is 4.74. The highest BCUT2D eigenvalue weighted by Crippen LogP contribution is 2.23. The Morgan fingerprint density at radius 1 is 1.21 bits per heavy atom. The Balaban J connectivity index is 1.34. The molecule has 8 heteroatoms. The maximum Gasteiger partial charge on any atom is 0.258 e. The van der Waals surface area contributed by atoms with Crippen LogP contribution in [0.3, 0.4) is 0 Å². The van der Waals surface area contributed by atoms with Gasteiger partial charge in [0.2, 0.25) is 5.91 Å². The lowest BCUT2D eigenvalue weighted by molar-refractivity contribution is -0.133. The van der Waals surface area contributed by atoms with Gasteiger partial charge in [-0.2, -0.15) is 5.10 Å². The summed E-state index contributed by atoms with van der Waals surface area (Å²) < 4.78 is 1.63. The number of H-pyrrole nitrogens is 1. The number of aromatic amines is 1. The predicted octanol–water partition coefficient (Wildman–Crippen LogP) is 2.96. The van der Waals surface area contributed by atoms with Gasteiger partial charge in [0, 0.05) is 45.1 Å². The molecule has 0 spiro atoms. The van der Waals surface area contributed by atoms with Crippen LogP contribution in [0.1, 0.15) is 53.5 Å². The summed E-state index contributed by atoms with van der Waals surface area (Å²) in [6, 6.07) is 3.88. The second-order valence-corrected chi connectivity index (χ2v) is 9.43. The fourth-order valence-electron chi connectivity index (χ4n) is 4.74. The number of aromatic nitrogens is 4. The number of piperidine rings is 1. The van der Waals surface area contributed by atoms with Crippen LogP contribution in [0.5, 0.6) is 0 Å². The normalized spacial score (nSPS) is 15.7. The van der Waals surface area contributed by atoms with Crippen molar-refractivity contribution >= 4 is 22.6 Å². The smallest absolute Gasteiger partial charge is 0.258 e. The molecule has 1 fully saturated rings. The molecule has 0 radical (unpaired) electrons. The highest BCUT2D eigenvalue weighted by Gasteiger charge is 2.29. The number of amides is 1. The van der Waals surface area contributed by atoms with Crippen molar-refractivity contribution in [2.75, 3.05) is 13.1 Å². The van der Waals surface area contributed by atoms with Gasteiger partial charge in [-0.3, -0.25) is 19.1 Å². The first kappa shape index (κ1) is 22.9. The standard InChI is InChI=1S/C25H31N5O3/c1-15-9-17(3)23-20(10-15)25(33)28-21(27-23)11-16(2)12-22(31)30-7-5-18(6-8-30)24(32)19-13-26-29(4)14-19/h9-10,13-14,16,18H,5-8,11-12H2,1-4H3,(H,27,28,33)/t16-/m1/s1. The lowest BCUT2D eigenvalue weighted by Gasteiger charge is -2.32. The van der Waals surface area contributed by atoms with E-state index < -0.39 is 0 Å². The number of carbonyl (C=O) groups excluding carboxylic acids is 2. The van der Waals surface area contributed by atoms with Crippen LogP contribution >= 0.6 is 0 Å². The second-order valence-electron chi connectivity index (χ2n) is 9.43. The summed E-state index contributed by atoms with van der Waals surface area (Å²) in [4.78, 5) is 47.5. The Kier molecular flexibility index (Phi) is 6.44. The molecule has 33 heavy (non-hydrogen) atoms. The van der Waals surface area contributed by atoms with Crippen molar-refractivity contribution in [2.45, 2.75) is 46.5 Å². The van der Waals surface area contributed by atoms with E-state index >= 15 is 0 Å². The minimum absolute atomic E-state index is 0.0404. The first-order valence-corrected chi connectivity index (χ1v) is 11.5. The molecule has 3 heterocycles. The van der Waals surface area contributed by atoms with Gasteiger partial charge in [-0.25, -0.2) is 4.98 Å². The lowest BCUT2D eigenvalue weighted by Crippen LogP contribution is -2.40. The highest BCUT2D eigenvalue weighted by molar-refractivity contribution is 5.97. The van der Waals surface area contributed by atoms with Crippen LogP contribution in [0.25, 0.3) is 10.9 Å². The van der Waals surface area contributed by atoms with Crippen LogP contribution in [-0.2, 0) is 18.3 Å². The Bertz CT molecular complexity index is 1250. The largest absolute Gasteiger partial charge is 0.343 e. The molecular weight excluding hydrogens is 418 g/mol. The summed E-state index contributed by atoms with van der Waals surface area (Å²) >= 11 is 0. The first-order chi connectivity index (χ1) is 15.7. The van der Waals surface area contributed by atoms with Crippen LogP contribution in [-0.4, -0.2) is 49.4 Å². The number of hydrogen-bond acceptors (Lipinski definition) is 5. The van der Waals surface area contributed by atoms with Crippen molar-refractivity contribution in [1.29, 1.82) is 0 Å². The van der Waals surface area contributed by atoms with Gasteiger partial charge in [0.25, 0.3) is 5.56 Å². The number of fused-ring (bicyclic) bond motifs is 1. The molecule has 1 amide bonds. The van der Waals surface area contributed by atoms with E-state index in [9.17, 15) is 14.4 Å². The van der Waals surface area contributed by atoms with Gasteiger partial charge in [-0.05, 0) is 49.8 Å². The molecule has 1 aromatic carbocycles. The van der Waals surface area contributed by atoms with Crippen LogP contribution in [0.4, 0.5) is 0 Å². The van der Waals surface area contributed by atoms with Gasteiger partial charge < -0.3 is 9.88 Å². The highest BCUT2D eigenvalue weighted by atomic mass is 16.2. The number of rotatable bonds is 6. The molecule has 2 aromatic heterocycles. The number of carbonyl (C=O) groups is 2.